The van der Waals surface area contributed by atoms with Gasteiger partial charge in [-0.15, -0.1) is 0 Å². The van der Waals surface area contributed by atoms with Crippen molar-refractivity contribution in [3.8, 4) is 0 Å². The predicted molar refractivity (Wildman–Crippen MR) is 154 cm³/mol. The van der Waals surface area contributed by atoms with E-state index in [-0.39, 0.29) is 30.3 Å². The third-order valence-corrected chi connectivity index (χ3v) is 8.34. The molecule has 0 spiro atoms. The number of nitrogens with two attached hydrogens (primary N) is 1. The van der Waals surface area contributed by atoms with Crippen LogP contribution >= 0.6 is 11.6 Å². The van der Waals surface area contributed by atoms with E-state index in [1.165, 1.54) is 24.3 Å². The first-order valence-electron chi connectivity index (χ1n) is 12.6. The molecule has 0 aliphatic carbocycles. The molecular weight excluding hydrogens is 564 g/mol. The number of hydrogen-bond donors (Lipinski definition) is 1. The fourth-order valence-electron chi connectivity index (χ4n) is 4.18. The standard InChI is InChI=1S/C31H27ClN2O6S/c32-26-15-17-27(18-16-26)41(38,39)34(30(31(33)37)25-9-5-2-6-10-25)20-23-13-11-22(12-14-23)19-29(36)40-21-28(35)24-7-3-1-4-8-24/h1-18,30H,19-21H2,(H2,33,37). The number of ketones is 1. The molecule has 0 aromatic heterocycles. The molecule has 41 heavy (non-hydrogen) atoms. The number of sulfonamides is 1. The summed E-state index contributed by atoms with van der Waals surface area (Å²) in [5, 5.41) is 0.364. The normalized spacial score (nSPS) is 12.0. The minimum atomic E-state index is -4.21. The molecule has 0 fully saturated rings. The number of Topliss-reactive ketones (excluding diaryl/α,β-unsaturated/α-hetero) is 1. The molecule has 0 aliphatic heterocycles. The van der Waals surface area contributed by atoms with Crippen LogP contribution in [-0.2, 0) is 37.3 Å². The van der Waals surface area contributed by atoms with Gasteiger partial charge >= 0.3 is 5.97 Å². The lowest BCUT2D eigenvalue weighted by molar-refractivity contribution is -0.141. The third-order valence-electron chi connectivity index (χ3n) is 6.26. The fourth-order valence-corrected chi connectivity index (χ4v) is 5.88. The highest BCUT2D eigenvalue weighted by atomic mass is 35.5. The fraction of sp³-hybridized carbons (Fsp3) is 0.129. The molecule has 1 atom stereocenters. The van der Waals surface area contributed by atoms with E-state index in [4.69, 9.17) is 22.1 Å². The van der Waals surface area contributed by atoms with Crippen molar-refractivity contribution in [1.29, 1.82) is 0 Å². The molecule has 8 nitrogen and oxygen atoms in total. The highest BCUT2D eigenvalue weighted by Gasteiger charge is 2.36. The van der Waals surface area contributed by atoms with Gasteiger partial charge in [0.1, 0.15) is 6.04 Å². The minimum absolute atomic E-state index is 0.0477. The number of esters is 1. The van der Waals surface area contributed by atoms with Crippen LogP contribution in [0.3, 0.4) is 0 Å². The molecule has 10 heteroatoms. The second-order valence-corrected chi connectivity index (χ2v) is 11.5. The summed E-state index contributed by atoms with van der Waals surface area (Å²) in [6, 6.07) is 27.9. The van der Waals surface area contributed by atoms with Gasteiger partial charge in [0.25, 0.3) is 0 Å². The van der Waals surface area contributed by atoms with Crippen LogP contribution in [0.1, 0.15) is 33.1 Å². The zero-order valence-corrected chi connectivity index (χ0v) is 23.4. The Labute approximate surface area is 243 Å². The minimum Gasteiger partial charge on any atom is -0.457 e. The highest BCUT2D eigenvalue weighted by molar-refractivity contribution is 7.89. The second kappa shape index (κ2) is 13.4. The number of carbonyl (C=O) groups is 3. The van der Waals surface area contributed by atoms with E-state index >= 15 is 0 Å². The quantitative estimate of drug-likeness (QED) is 0.188. The molecule has 2 N–H and O–H groups in total. The van der Waals surface area contributed by atoms with Crippen molar-refractivity contribution in [2.75, 3.05) is 6.61 Å². The van der Waals surface area contributed by atoms with Gasteiger partial charge in [0, 0.05) is 17.1 Å². The lowest BCUT2D eigenvalue weighted by Gasteiger charge is -2.29. The maximum Gasteiger partial charge on any atom is 0.310 e. The van der Waals surface area contributed by atoms with Crippen LogP contribution in [0.25, 0.3) is 0 Å². The van der Waals surface area contributed by atoms with Gasteiger partial charge < -0.3 is 10.5 Å². The number of ether oxygens (including phenoxy) is 1. The van der Waals surface area contributed by atoms with Gasteiger partial charge in [-0.1, -0.05) is 96.5 Å². The van der Waals surface area contributed by atoms with Crippen LogP contribution in [0.2, 0.25) is 5.02 Å². The first kappa shape index (κ1) is 29.7. The molecule has 0 aliphatic rings. The molecule has 4 rings (SSSR count). The van der Waals surface area contributed by atoms with Crippen molar-refractivity contribution in [2.45, 2.75) is 23.9 Å². The lowest BCUT2D eigenvalue weighted by atomic mass is 10.1. The summed E-state index contributed by atoms with van der Waals surface area (Å²) in [5.74, 6) is -1.72. The largest absolute Gasteiger partial charge is 0.457 e. The molecule has 0 saturated carbocycles. The molecule has 0 bridgehead atoms. The smallest absolute Gasteiger partial charge is 0.310 e. The topological polar surface area (TPSA) is 124 Å². The van der Waals surface area contributed by atoms with Crippen LogP contribution in [-0.4, -0.2) is 37.0 Å². The van der Waals surface area contributed by atoms with Crippen molar-refractivity contribution in [2.24, 2.45) is 5.73 Å². The van der Waals surface area contributed by atoms with Gasteiger partial charge in [-0.3, -0.25) is 14.4 Å². The number of hydrogen-bond acceptors (Lipinski definition) is 6. The van der Waals surface area contributed by atoms with Crippen LogP contribution in [0.4, 0.5) is 0 Å². The average molecular weight is 591 g/mol. The zero-order chi connectivity index (χ0) is 29.4. The van der Waals surface area contributed by atoms with E-state index in [9.17, 15) is 22.8 Å². The van der Waals surface area contributed by atoms with E-state index < -0.39 is 27.9 Å². The zero-order valence-electron chi connectivity index (χ0n) is 21.9. The van der Waals surface area contributed by atoms with Crippen LogP contribution < -0.4 is 5.73 Å². The molecule has 4 aromatic rings. The summed E-state index contributed by atoms with van der Waals surface area (Å²) in [7, 11) is -4.21. The maximum absolute atomic E-state index is 13.8. The van der Waals surface area contributed by atoms with Crippen LogP contribution in [0, 0.1) is 0 Å². The third kappa shape index (κ3) is 7.67. The van der Waals surface area contributed by atoms with Gasteiger partial charge in [-0.25, -0.2) is 8.42 Å². The Kier molecular flexibility index (Phi) is 9.67. The van der Waals surface area contributed by atoms with Crippen molar-refractivity contribution in [1.82, 2.24) is 4.31 Å². The molecular formula is C31H27ClN2O6S. The summed E-state index contributed by atoms with van der Waals surface area (Å²) in [6.45, 7) is -0.545. The number of halogens is 1. The maximum atomic E-state index is 13.8. The molecule has 0 radical (unpaired) electrons. The Morgan fingerprint density at radius 1 is 0.780 bits per heavy atom. The van der Waals surface area contributed by atoms with Crippen molar-refractivity contribution < 1.29 is 27.5 Å². The Bertz CT molecular complexity index is 1610. The summed E-state index contributed by atoms with van der Waals surface area (Å²) in [5.41, 5.74) is 7.78. The number of benzene rings is 4. The predicted octanol–water partition coefficient (Wildman–Crippen LogP) is 4.73. The van der Waals surface area contributed by atoms with Crippen LogP contribution in [0.5, 0.6) is 0 Å². The van der Waals surface area contributed by atoms with E-state index in [0.717, 1.165) is 4.31 Å². The SMILES string of the molecule is NC(=O)C(c1ccccc1)N(Cc1ccc(CC(=O)OCC(=O)c2ccccc2)cc1)S(=O)(=O)c1ccc(Cl)cc1. The Hall–Kier alpha value is -4.31. The van der Waals surface area contributed by atoms with Crippen molar-refractivity contribution in [3.05, 3.63) is 136 Å². The van der Waals surface area contributed by atoms with Gasteiger partial charge in [0.2, 0.25) is 15.9 Å². The Morgan fingerprint density at radius 2 is 1.34 bits per heavy atom. The monoisotopic (exact) mass is 590 g/mol. The van der Waals surface area contributed by atoms with Gasteiger partial charge in [0.15, 0.2) is 12.4 Å². The van der Waals surface area contributed by atoms with E-state index in [0.29, 0.717) is 27.3 Å². The number of carbonyl (C=O) groups excluding carboxylic acids is 3. The summed E-state index contributed by atoms with van der Waals surface area (Å²) < 4.78 is 33.8. The molecule has 0 saturated heterocycles. The first-order chi connectivity index (χ1) is 19.6. The van der Waals surface area contributed by atoms with Gasteiger partial charge in [0.05, 0.1) is 11.3 Å². The summed E-state index contributed by atoms with van der Waals surface area (Å²) in [6.07, 6.45) is -0.0803. The number of rotatable bonds is 12. The highest BCUT2D eigenvalue weighted by Crippen LogP contribution is 2.30. The summed E-state index contributed by atoms with van der Waals surface area (Å²) in [4.78, 5) is 37.1. The lowest BCUT2D eigenvalue weighted by Crippen LogP contribution is -2.41. The molecule has 0 heterocycles. The Balaban J connectivity index is 1.53. The number of primary amides is 1. The van der Waals surface area contributed by atoms with Crippen LogP contribution in [0.15, 0.2) is 114 Å². The number of amides is 1. The van der Waals surface area contributed by atoms with Gasteiger partial charge in [-0.2, -0.15) is 4.31 Å². The second-order valence-electron chi connectivity index (χ2n) is 9.16. The van der Waals surface area contributed by atoms with Crippen molar-refractivity contribution >= 4 is 39.3 Å². The van der Waals surface area contributed by atoms with Gasteiger partial charge in [-0.05, 0) is 41.0 Å². The van der Waals surface area contributed by atoms with E-state index in [2.05, 4.69) is 0 Å². The Morgan fingerprint density at radius 3 is 1.93 bits per heavy atom. The summed E-state index contributed by atoms with van der Waals surface area (Å²) >= 11 is 5.96. The first-order valence-corrected chi connectivity index (χ1v) is 14.4. The van der Waals surface area contributed by atoms with E-state index in [1.54, 1.807) is 84.9 Å². The average Bonchev–Trinajstić information content (AvgIpc) is 2.97. The van der Waals surface area contributed by atoms with E-state index in [1.807, 2.05) is 0 Å². The number of nitrogens with zero attached hydrogens (tertiary/aromatic N) is 1. The molecule has 1 unspecified atom stereocenters. The molecule has 210 valence electrons. The molecule has 4 aromatic carbocycles. The van der Waals surface area contributed by atoms with Crippen molar-refractivity contribution in [3.63, 3.8) is 0 Å². The molecule has 1 amide bonds.